The van der Waals surface area contributed by atoms with Gasteiger partial charge < -0.3 is 9.73 Å². The van der Waals surface area contributed by atoms with Gasteiger partial charge in [0.2, 0.25) is 5.91 Å². The maximum absolute atomic E-state index is 12.7. The molecule has 2 aromatic rings. The average molecular weight is 279 g/mol. The number of carbonyl (C=O) groups is 1. The number of halogens is 1. The molecular weight excluding hydrogens is 265 g/mol. The Kier molecular flexibility index (Phi) is 4.63. The van der Waals surface area contributed by atoms with Crippen LogP contribution in [-0.2, 0) is 10.5 Å². The first-order chi connectivity index (χ1) is 9.15. The van der Waals surface area contributed by atoms with Crippen molar-refractivity contribution in [3.05, 3.63) is 54.2 Å². The summed E-state index contributed by atoms with van der Waals surface area (Å²) in [5.74, 6) is 1.05. The standard InChI is InChI=1S/C14H14FNO2S/c1-10(19-9-13-3-2-8-18-13)14(17)16-12-6-4-11(15)5-7-12/h2-8,10H,9H2,1H3,(H,16,17)/t10-/m0/s1. The Labute approximate surface area is 115 Å². The van der Waals surface area contributed by atoms with Gasteiger partial charge in [0.1, 0.15) is 11.6 Å². The average Bonchev–Trinajstić information content (AvgIpc) is 2.91. The van der Waals surface area contributed by atoms with E-state index < -0.39 is 0 Å². The van der Waals surface area contributed by atoms with Crippen LogP contribution in [-0.4, -0.2) is 11.2 Å². The first-order valence-corrected chi connectivity index (χ1v) is 6.90. The zero-order valence-corrected chi connectivity index (χ0v) is 11.2. The Bertz CT molecular complexity index is 525. The summed E-state index contributed by atoms with van der Waals surface area (Å²) in [6.45, 7) is 1.83. The number of furan rings is 1. The number of hydrogen-bond acceptors (Lipinski definition) is 3. The van der Waals surface area contributed by atoms with Gasteiger partial charge in [-0.05, 0) is 43.3 Å². The van der Waals surface area contributed by atoms with Gasteiger partial charge in [0.25, 0.3) is 0 Å². The van der Waals surface area contributed by atoms with E-state index in [9.17, 15) is 9.18 Å². The molecule has 5 heteroatoms. The minimum atomic E-state index is -0.321. The molecule has 0 bridgehead atoms. The van der Waals surface area contributed by atoms with Crippen LogP contribution < -0.4 is 5.32 Å². The first-order valence-electron chi connectivity index (χ1n) is 5.85. The second-order valence-corrected chi connectivity index (χ2v) is 5.36. The van der Waals surface area contributed by atoms with Crippen LogP contribution in [0, 0.1) is 5.82 Å². The maximum Gasteiger partial charge on any atom is 0.237 e. The Morgan fingerprint density at radius 2 is 2.11 bits per heavy atom. The van der Waals surface area contributed by atoms with Crippen LogP contribution in [0.3, 0.4) is 0 Å². The Balaban J connectivity index is 1.83. The summed E-state index contributed by atoms with van der Waals surface area (Å²) >= 11 is 1.48. The molecule has 1 atom stereocenters. The summed E-state index contributed by atoms with van der Waals surface area (Å²) in [7, 11) is 0. The number of rotatable bonds is 5. The first kappa shape index (κ1) is 13.7. The molecule has 0 saturated heterocycles. The molecule has 0 fully saturated rings. The van der Waals surface area contributed by atoms with E-state index in [2.05, 4.69) is 5.32 Å². The maximum atomic E-state index is 12.7. The number of hydrogen-bond donors (Lipinski definition) is 1. The van der Waals surface area contributed by atoms with E-state index in [0.29, 0.717) is 11.4 Å². The number of carbonyl (C=O) groups excluding carboxylic acids is 1. The quantitative estimate of drug-likeness (QED) is 0.907. The van der Waals surface area contributed by atoms with E-state index in [1.54, 1.807) is 6.26 Å². The summed E-state index contributed by atoms with van der Waals surface area (Å²) in [4.78, 5) is 11.9. The molecule has 0 aliphatic heterocycles. The van der Waals surface area contributed by atoms with Gasteiger partial charge in [0, 0.05) is 5.69 Å². The van der Waals surface area contributed by atoms with Crippen molar-refractivity contribution in [1.29, 1.82) is 0 Å². The lowest BCUT2D eigenvalue weighted by molar-refractivity contribution is -0.115. The second kappa shape index (κ2) is 6.43. The van der Waals surface area contributed by atoms with E-state index in [-0.39, 0.29) is 17.0 Å². The highest BCUT2D eigenvalue weighted by molar-refractivity contribution is 7.99. The molecule has 0 aliphatic carbocycles. The van der Waals surface area contributed by atoms with E-state index in [1.165, 1.54) is 36.0 Å². The summed E-state index contributed by atoms with van der Waals surface area (Å²) in [6.07, 6.45) is 1.61. The van der Waals surface area contributed by atoms with Crippen LogP contribution in [0.5, 0.6) is 0 Å². The zero-order chi connectivity index (χ0) is 13.7. The third-order valence-electron chi connectivity index (χ3n) is 2.54. The van der Waals surface area contributed by atoms with Gasteiger partial charge >= 0.3 is 0 Å². The third kappa shape index (κ3) is 4.13. The van der Waals surface area contributed by atoms with Crippen molar-refractivity contribution >= 4 is 23.4 Å². The van der Waals surface area contributed by atoms with Gasteiger partial charge in [-0.2, -0.15) is 0 Å². The van der Waals surface area contributed by atoms with Crippen LogP contribution in [0.1, 0.15) is 12.7 Å². The van der Waals surface area contributed by atoms with Gasteiger partial charge in [-0.1, -0.05) is 0 Å². The topological polar surface area (TPSA) is 42.2 Å². The summed E-state index contributed by atoms with van der Waals surface area (Å²) in [6, 6.07) is 9.40. The monoisotopic (exact) mass is 279 g/mol. The molecule has 0 radical (unpaired) electrons. The van der Waals surface area contributed by atoms with E-state index in [0.717, 1.165) is 5.76 Å². The largest absolute Gasteiger partial charge is 0.468 e. The fourth-order valence-electron chi connectivity index (χ4n) is 1.45. The SMILES string of the molecule is C[C@H](SCc1ccco1)C(=O)Nc1ccc(F)cc1. The summed E-state index contributed by atoms with van der Waals surface area (Å²) in [5, 5.41) is 2.53. The highest BCUT2D eigenvalue weighted by Crippen LogP contribution is 2.19. The molecule has 1 aromatic heterocycles. The smallest absolute Gasteiger partial charge is 0.237 e. The highest BCUT2D eigenvalue weighted by Gasteiger charge is 2.14. The Morgan fingerprint density at radius 1 is 1.37 bits per heavy atom. The van der Waals surface area contributed by atoms with Crippen molar-refractivity contribution < 1.29 is 13.6 Å². The Hall–Kier alpha value is -1.75. The van der Waals surface area contributed by atoms with Crippen LogP contribution in [0.4, 0.5) is 10.1 Å². The molecule has 3 nitrogen and oxygen atoms in total. The summed E-state index contributed by atoms with van der Waals surface area (Å²) in [5.41, 5.74) is 0.594. The zero-order valence-electron chi connectivity index (χ0n) is 10.4. The molecule has 1 amide bonds. The molecule has 100 valence electrons. The van der Waals surface area contributed by atoms with Gasteiger partial charge in [-0.15, -0.1) is 11.8 Å². The van der Waals surface area contributed by atoms with Crippen molar-refractivity contribution in [1.82, 2.24) is 0 Å². The lowest BCUT2D eigenvalue weighted by atomic mass is 10.3. The minimum Gasteiger partial charge on any atom is -0.468 e. The molecule has 1 aromatic carbocycles. The number of anilines is 1. The van der Waals surface area contributed by atoms with Crippen LogP contribution in [0.2, 0.25) is 0 Å². The molecule has 0 spiro atoms. The molecular formula is C14H14FNO2S. The number of nitrogens with one attached hydrogen (secondary N) is 1. The predicted octanol–water partition coefficient (Wildman–Crippen LogP) is 3.68. The number of thioether (sulfide) groups is 1. The number of benzene rings is 1. The number of amides is 1. The fourth-order valence-corrected chi connectivity index (χ4v) is 2.24. The van der Waals surface area contributed by atoms with Crippen molar-refractivity contribution in [2.75, 3.05) is 5.32 Å². The lowest BCUT2D eigenvalue weighted by Crippen LogP contribution is -2.22. The van der Waals surface area contributed by atoms with Crippen molar-refractivity contribution in [3.63, 3.8) is 0 Å². The second-order valence-electron chi connectivity index (χ2n) is 4.03. The minimum absolute atomic E-state index is 0.108. The van der Waals surface area contributed by atoms with Crippen molar-refractivity contribution in [2.24, 2.45) is 0 Å². The lowest BCUT2D eigenvalue weighted by Gasteiger charge is -2.11. The summed E-state index contributed by atoms with van der Waals surface area (Å²) < 4.78 is 17.9. The van der Waals surface area contributed by atoms with Crippen LogP contribution >= 0.6 is 11.8 Å². The van der Waals surface area contributed by atoms with Gasteiger partial charge in [0.05, 0.1) is 17.3 Å². The van der Waals surface area contributed by atoms with Gasteiger partial charge in [0.15, 0.2) is 0 Å². The van der Waals surface area contributed by atoms with Crippen molar-refractivity contribution in [3.8, 4) is 0 Å². The van der Waals surface area contributed by atoms with Gasteiger partial charge in [-0.3, -0.25) is 4.79 Å². The van der Waals surface area contributed by atoms with E-state index in [1.807, 2.05) is 19.1 Å². The van der Waals surface area contributed by atoms with Crippen LogP contribution in [0.15, 0.2) is 47.1 Å². The van der Waals surface area contributed by atoms with Crippen LogP contribution in [0.25, 0.3) is 0 Å². The molecule has 2 rings (SSSR count). The van der Waals surface area contributed by atoms with Gasteiger partial charge in [-0.25, -0.2) is 4.39 Å². The highest BCUT2D eigenvalue weighted by atomic mass is 32.2. The molecule has 0 aliphatic rings. The molecule has 0 unspecified atom stereocenters. The van der Waals surface area contributed by atoms with Crippen molar-refractivity contribution in [2.45, 2.75) is 17.9 Å². The normalized spacial score (nSPS) is 12.1. The predicted molar refractivity (Wildman–Crippen MR) is 74.5 cm³/mol. The molecule has 1 heterocycles. The van der Waals surface area contributed by atoms with E-state index in [4.69, 9.17) is 4.42 Å². The Morgan fingerprint density at radius 3 is 2.74 bits per heavy atom. The molecule has 0 saturated carbocycles. The molecule has 19 heavy (non-hydrogen) atoms. The van der Waals surface area contributed by atoms with E-state index >= 15 is 0 Å². The third-order valence-corrected chi connectivity index (χ3v) is 3.70. The fraction of sp³-hybridized carbons (Fsp3) is 0.214. The molecule has 1 N–H and O–H groups in total.